The molecule has 0 aromatic carbocycles. The molecule has 0 radical (unpaired) electrons. The second-order valence-electron chi connectivity index (χ2n) is 6.72. The molecule has 2 fully saturated rings. The van der Waals surface area contributed by atoms with Crippen molar-refractivity contribution in [2.45, 2.75) is 50.6 Å². The molecule has 1 saturated heterocycles. The molecule has 2 rings (SSSR count). The van der Waals surface area contributed by atoms with E-state index in [2.05, 4.69) is 22.2 Å². The molecule has 1 aliphatic heterocycles. The Morgan fingerprint density at radius 1 is 1.25 bits per heavy atom. The maximum Gasteiger partial charge on any atom is 0.237 e. The Morgan fingerprint density at radius 3 is 2.45 bits per heavy atom. The summed E-state index contributed by atoms with van der Waals surface area (Å²) in [4.78, 5) is 16.6. The smallest absolute Gasteiger partial charge is 0.237 e. The largest absolute Gasteiger partial charge is 0.368 e. The van der Waals surface area contributed by atoms with Crippen molar-refractivity contribution in [3.63, 3.8) is 0 Å². The highest BCUT2D eigenvalue weighted by Crippen LogP contribution is 2.25. The number of likely N-dealkylation sites (N-methyl/N-ethyl adjacent to an activating group) is 1. The minimum atomic E-state index is -0.511. The van der Waals surface area contributed by atoms with E-state index < -0.39 is 5.54 Å². The molecule has 0 bridgehead atoms. The van der Waals surface area contributed by atoms with Gasteiger partial charge in [-0.05, 0) is 52.6 Å². The number of carbonyl (C=O) groups is 1. The van der Waals surface area contributed by atoms with Gasteiger partial charge in [0.25, 0.3) is 0 Å². The number of unbranched alkanes of at least 4 members (excludes halogenated alkanes) is 1. The molecule has 1 amide bonds. The van der Waals surface area contributed by atoms with Crippen molar-refractivity contribution < 1.29 is 4.79 Å². The summed E-state index contributed by atoms with van der Waals surface area (Å²) in [6.07, 6.45) is 5.44. The summed E-state index contributed by atoms with van der Waals surface area (Å²) in [5, 5.41) is 3.42. The van der Waals surface area contributed by atoms with Gasteiger partial charge in [-0.3, -0.25) is 4.79 Å². The van der Waals surface area contributed by atoms with Crippen molar-refractivity contribution in [2.75, 3.05) is 39.8 Å². The van der Waals surface area contributed by atoms with Crippen LogP contribution in [0.25, 0.3) is 0 Å². The number of amides is 1. The van der Waals surface area contributed by atoms with Gasteiger partial charge in [0.05, 0.1) is 5.54 Å². The van der Waals surface area contributed by atoms with Crippen LogP contribution in [0.3, 0.4) is 0 Å². The summed E-state index contributed by atoms with van der Waals surface area (Å²) in [5.41, 5.74) is 5.06. The molecule has 0 aromatic heterocycles. The van der Waals surface area contributed by atoms with Gasteiger partial charge in [0.15, 0.2) is 0 Å². The van der Waals surface area contributed by atoms with Gasteiger partial charge in [0.1, 0.15) is 0 Å². The monoisotopic (exact) mass is 282 g/mol. The fourth-order valence-electron chi connectivity index (χ4n) is 2.83. The van der Waals surface area contributed by atoms with Crippen molar-refractivity contribution in [1.82, 2.24) is 15.1 Å². The van der Waals surface area contributed by atoms with Crippen molar-refractivity contribution in [3.05, 3.63) is 0 Å². The van der Waals surface area contributed by atoms with Gasteiger partial charge in [-0.15, -0.1) is 0 Å². The highest BCUT2D eigenvalue weighted by atomic mass is 16.1. The molecule has 0 aromatic rings. The molecule has 1 saturated carbocycles. The Kier molecular flexibility index (Phi) is 5.41. The number of nitrogens with one attached hydrogen (secondary N) is 1. The van der Waals surface area contributed by atoms with Gasteiger partial charge in [0.2, 0.25) is 5.91 Å². The third-order valence-corrected chi connectivity index (χ3v) is 4.64. The van der Waals surface area contributed by atoms with Crippen molar-refractivity contribution in [2.24, 2.45) is 5.73 Å². The van der Waals surface area contributed by atoms with E-state index in [9.17, 15) is 4.79 Å². The molecule has 5 heteroatoms. The number of nitrogens with two attached hydrogens (primary N) is 1. The zero-order valence-electron chi connectivity index (χ0n) is 13.0. The van der Waals surface area contributed by atoms with Crippen LogP contribution in [0.1, 0.15) is 39.0 Å². The fraction of sp³-hybridized carbons (Fsp3) is 0.933. The fourth-order valence-corrected chi connectivity index (χ4v) is 2.83. The number of carbonyl (C=O) groups excluding carboxylic acids is 1. The highest BCUT2D eigenvalue weighted by Gasteiger charge is 2.36. The molecule has 1 unspecified atom stereocenters. The van der Waals surface area contributed by atoms with Gasteiger partial charge >= 0.3 is 0 Å². The van der Waals surface area contributed by atoms with Crippen LogP contribution in [0, 0.1) is 0 Å². The van der Waals surface area contributed by atoms with Crippen LogP contribution in [0.15, 0.2) is 0 Å². The highest BCUT2D eigenvalue weighted by molar-refractivity contribution is 5.84. The lowest BCUT2D eigenvalue weighted by Gasteiger charge is -2.33. The molecular formula is C15H30N4O. The lowest BCUT2D eigenvalue weighted by molar-refractivity contribution is -0.124. The van der Waals surface area contributed by atoms with Crippen LogP contribution in [-0.2, 0) is 4.79 Å². The lowest BCUT2D eigenvalue weighted by atomic mass is 9.93. The third kappa shape index (κ3) is 4.72. The Morgan fingerprint density at radius 2 is 1.90 bits per heavy atom. The van der Waals surface area contributed by atoms with Crippen LogP contribution in [0.2, 0.25) is 0 Å². The predicted molar refractivity (Wildman–Crippen MR) is 81.5 cm³/mol. The van der Waals surface area contributed by atoms with Crippen molar-refractivity contribution in [3.8, 4) is 0 Å². The summed E-state index contributed by atoms with van der Waals surface area (Å²) in [5.74, 6) is -0.205. The topological polar surface area (TPSA) is 61.6 Å². The first-order valence-electron chi connectivity index (χ1n) is 7.98. The molecule has 3 N–H and O–H groups in total. The quantitative estimate of drug-likeness (QED) is 0.633. The molecule has 1 heterocycles. The average Bonchev–Trinajstić information content (AvgIpc) is 3.20. The first-order valence-corrected chi connectivity index (χ1v) is 7.98. The Hall–Kier alpha value is -0.650. The number of hydrogen-bond acceptors (Lipinski definition) is 4. The van der Waals surface area contributed by atoms with Crippen LogP contribution in [0.5, 0.6) is 0 Å². The van der Waals surface area contributed by atoms with Crippen molar-refractivity contribution >= 4 is 5.91 Å². The Balaban J connectivity index is 1.64. The summed E-state index contributed by atoms with van der Waals surface area (Å²) in [7, 11) is 2.18. The van der Waals surface area contributed by atoms with Crippen LogP contribution < -0.4 is 11.1 Å². The number of primary amides is 1. The average molecular weight is 282 g/mol. The van der Waals surface area contributed by atoms with Gasteiger partial charge in [-0.25, -0.2) is 0 Å². The van der Waals surface area contributed by atoms with E-state index in [4.69, 9.17) is 5.73 Å². The van der Waals surface area contributed by atoms with Gasteiger partial charge < -0.3 is 20.9 Å². The summed E-state index contributed by atoms with van der Waals surface area (Å²) in [6, 6.07) is 0.519. The Labute approximate surface area is 122 Å². The van der Waals surface area contributed by atoms with Gasteiger partial charge in [-0.2, -0.15) is 0 Å². The lowest BCUT2D eigenvalue weighted by Crippen LogP contribution is -2.54. The van der Waals surface area contributed by atoms with E-state index in [1.54, 1.807) is 0 Å². The second-order valence-corrected chi connectivity index (χ2v) is 6.72. The maximum absolute atomic E-state index is 11.7. The zero-order valence-corrected chi connectivity index (χ0v) is 13.0. The number of nitrogens with zero attached hydrogens (tertiary/aromatic N) is 2. The first-order chi connectivity index (χ1) is 9.49. The predicted octanol–water partition coefficient (Wildman–Crippen LogP) is 0.400. The van der Waals surface area contributed by atoms with E-state index >= 15 is 0 Å². The summed E-state index contributed by atoms with van der Waals surface area (Å²) in [6.45, 7) is 7.79. The van der Waals surface area contributed by atoms with E-state index in [-0.39, 0.29) is 5.91 Å². The van der Waals surface area contributed by atoms with Crippen LogP contribution in [-0.4, -0.2) is 67.1 Å². The molecule has 5 nitrogen and oxygen atoms in total. The number of piperazine rings is 1. The van der Waals surface area contributed by atoms with Gasteiger partial charge in [0, 0.05) is 32.2 Å². The Bertz CT molecular complexity index is 324. The number of hydrogen-bond donors (Lipinski definition) is 2. The van der Waals surface area contributed by atoms with E-state index in [1.165, 1.54) is 39.0 Å². The van der Waals surface area contributed by atoms with Gasteiger partial charge in [-0.1, -0.05) is 0 Å². The molecule has 0 spiro atoms. The van der Waals surface area contributed by atoms with Crippen molar-refractivity contribution in [1.29, 1.82) is 0 Å². The first kappa shape index (κ1) is 15.7. The minimum Gasteiger partial charge on any atom is -0.368 e. The molecule has 2 aliphatic rings. The molecule has 20 heavy (non-hydrogen) atoms. The van der Waals surface area contributed by atoms with Crippen LogP contribution in [0.4, 0.5) is 0 Å². The maximum atomic E-state index is 11.7. The molecule has 116 valence electrons. The van der Waals surface area contributed by atoms with E-state index in [0.29, 0.717) is 6.04 Å². The van der Waals surface area contributed by atoms with Crippen LogP contribution >= 0.6 is 0 Å². The minimum absolute atomic E-state index is 0.205. The van der Waals surface area contributed by atoms with E-state index in [1.807, 2.05) is 6.92 Å². The second kappa shape index (κ2) is 6.87. The molecule has 1 atom stereocenters. The zero-order chi connectivity index (χ0) is 14.6. The summed E-state index contributed by atoms with van der Waals surface area (Å²) < 4.78 is 0. The third-order valence-electron chi connectivity index (χ3n) is 4.64. The number of rotatable bonds is 8. The molecule has 1 aliphatic carbocycles. The SMILES string of the molecule is CN1CCN(CCCCC(C)(NC2CC2)C(N)=O)CC1. The molecular weight excluding hydrogens is 252 g/mol. The standard InChI is InChI=1S/C15H30N4O/c1-15(14(16)20,17-13-5-6-13)7-3-4-8-19-11-9-18(2)10-12-19/h13,17H,3-12H2,1-2H3,(H2,16,20). The van der Waals surface area contributed by atoms with E-state index in [0.717, 1.165) is 25.8 Å². The summed E-state index contributed by atoms with van der Waals surface area (Å²) >= 11 is 0. The normalized spacial score (nSPS) is 24.5.